The maximum Gasteiger partial charge on any atom is 0.0871 e. The fraction of sp³-hybridized carbons (Fsp3) is 0.250. The van der Waals surface area contributed by atoms with Crippen LogP contribution in [0.15, 0.2) is 51.4 Å². The summed E-state index contributed by atoms with van der Waals surface area (Å²) < 4.78 is 2.02. The van der Waals surface area contributed by atoms with Crippen molar-refractivity contribution in [1.82, 2.24) is 0 Å². The van der Waals surface area contributed by atoms with Crippen LogP contribution in [0.3, 0.4) is 0 Å². The van der Waals surface area contributed by atoms with Gasteiger partial charge in [-0.15, -0.1) is 0 Å². The van der Waals surface area contributed by atoms with Crippen LogP contribution in [0.5, 0.6) is 0 Å². The second kappa shape index (κ2) is 6.85. The Hall–Kier alpha value is -0.680. The molecule has 2 nitrogen and oxygen atoms in total. The van der Waals surface area contributed by atoms with Crippen molar-refractivity contribution in [3.8, 4) is 0 Å². The van der Waals surface area contributed by atoms with Gasteiger partial charge in [0, 0.05) is 21.4 Å². The zero-order valence-corrected chi connectivity index (χ0v) is 14.4. The molecule has 4 heteroatoms. The summed E-state index contributed by atoms with van der Waals surface area (Å²) in [5.74, 6) is -0.133. The van der Waals surface area contributed by atoms with E-state index in [-0.39, 0.29) is 5.92 Å². The van der Waals surface area contributed by atoms with E-state index in [1.165, 1.54) is 0 Å². The van der Waals surface area contributed by atoms with Gasteiger partial charge < -0.3 is 10.8 Å². The number of aliphatic hydroxyl groups is 1. The molecule has 2 atom stereocenters. The molecular weight excluding hydrogens is 382 g/mol. The van der Waals surface area contributed by atoms with Gasteiger partial charge >= 0.3 is 0 Å². The lowest BCUT2D eigenvalue weighted by molar-refractivity contribution is 0.147. The second-order valence-corrected chi connectivity index (χ2v) is 6.53. The largest absolute Gasteiger partial charge is 0.388 e. The summed E-state index contributed by atoms with van der Waals surface area (Å²) in [5, 5.41) is 10.7. The molecule has 0 amide bonds. The van der Waals surface area contributed by atoms with Gasteiger partial charge in [0.2, 0.25) is 0 Å². The van der Waals surface area contributed by atoms with Gasteiger partial charge in [-0.1, -0.05) is 62.2 Å². The van der Waals surface area contributed by atoms with Gasteiger partial charge in [0.25, 0.3) is 0 Å². The van der Waals surface area contributed by atoms with Gasteiger partial charge in [-0.25, -0.2) is 0 Å². The molecule has 2 rings (SSSR count). The minimum absolute atomic E-state index is 0.133. The molecule has 0 saturated heterocycles. The van der Waals surface area contributed by atoms with Crippen LogP contribution < -0.4 is 5.73 Å². The summed E-state index contributed by atoms with van der Waals surface area (Å²) in [4.78, 5) is 0. The van der Waals surface area contributed by atoms with Gasteiger partial charge in [0.1, 0.15) is 0 Å². The van der Waals surface area contributed by atoms with Crippen LogP contribution in [0.4, 0.5) is 0 Å². The highest BCUT2D eigenvalue weighted by molar-refractivity contribution is 9.10. The number of rotatable bonds is 4. The Balaban J connectivity index is 2.36. The molecule has 0 spiro atoms. The molecule has 20 heavy (non-hydrogen) atoms. The van der Waals surface area contributed by atoms with E-state index in [2.05, 4.69) is 31.9 Å². The first kappa shape index (κ1) is 15.7. The number of aryl methyl sites for hydroxylation is 1. The van der Waals surface area contributed by atoms with Gasteiger partial charge in [-0.05, 0) is 35.7 Å². The third kappa shape index (κ3) is 3.31. The van der Waals surface area contributed by atoms with E-state index in [4.69, 9.17) is 5.73 Å². The van der Waals surface area contributed by atoms with Crippen molar-refractivity contribution in [2.75, 3.05) is 6.54 Å². The van der Waals surface area contributed by atoms with E-state index in [1.807, 2.05) is 49.4 Å². The highest BCUT2D eigenvalue weighted by Crippen LogP contribution is 2.35. The first-order valence-corrected chi connectivity index (χ1v) is 8.01. The average molecular weight is 399 g/mol. The van der Waals surface area contributed by atoms with Crippen molar-refractivity contribution >= 4 is 31.9 Å². The topological polar surface area (TPSA) is 46.2 Å². The Morgan fingerprint density at radius 2 is 1.80 bits per heavy atom. The van der Waals surface area contributed by atoms with Crippen LogP contribution in [0.1, 0.15) is 28.7 Å². The lowest BCUT2D eigenvalue weighted by Crippen LogP contribution is -2.20. The predicted octanol–water partition coefficient (Wildman–Crippen LogP) is 4.30. The van der Waals surface area contributed by atoms with Crippen LogP contribution in [0.2, 0.25) is 0 Å². The van der Waals surface area contributed by atoms with Crippen molar-refractivity contribution in [2.24, 2.45) is 5.73 Å². The van der Waals surface area contributed by atoms with E-state index in [1.54, 1.807) is 0 Å². The van der Waals surface area contributed by atoms with Gasteiger partial charge in [0.15, 0.2) is 0 Å². The van der Waals surface area contributed by atoms with Gasteiger partial charge in [-0.3, -0.25) is 0 Å². The first-order valence-electron chi connectivity index (χ1n) is 6.43. The van der Waals surface area contributed by atoms with Crippen LogP contribution in [0, 0.1) is 6.92 Å². The SMILES string of the molecule is Cc1cc(C(O)C(CN)c2ccccc2Br)ccc1Br. The quantitative estimate of drug-likeness (QED) is 0.806. The Kier molecular flexibility index (Phi) is 5.38. The number of hydrogen-bond acceptors (Lipinski definition) is 2. The van der Waals surface area contributed by atoms with Crippen LogP contribution >= 0.6 is 31.9 Å². The fourth-order valence-corrected chi connectivity index (χ4v) is 3.11. The third-order valence-corrected chi connectivity index (χ3v) is 5.08. The number of nitrogens with two attached hydrogens (primary N) is 1. The van der Waals surface area contributed by atoms with E-state index in [9.17, 15) is 5.11 Å². The van der Waals surface area contributed by atoms with Gasteiger partial charge in [0.05, 0.1) is 6.10 Å². The summed E-state index contributed by atoms with van der Waals surface area (Å²) >= 11 is 7.01. The monoisotopic (exact) mass is 397 g/mol. The first-order chi connectivity index (χ1) is 9.54. The molecule has 0 saturated carbocycles. The molecule has 2 aromatic rings. The lowest BCUT2D eigenvalue weighted by atomic mass is 9.89. The molecule has 0 radical (unpaired) electrons. The second-order valence-electron chi connectivity index (χ2n) is 4.82. The average Bonchev–Trinajstić information content (AvgIpc) is 2.44. The molecule has 3 N–H and O–H groups in total. The van der Waals surface area contributed by atoms with E-state index < -0.39 is 6.10 Å². The molecule has 0 aromatic heterocycles. The van der Waals surface area contributed by atoms with Crippen molar-refractivity contribution in [3.63, 3.8) is 0 Å². The Morgan fingerprint density at radius 3 is 2.40 bits per heavy atom. The normalized spacial score (nSPS) is 14.1. The zero-order chi connectivity index (χ0) is 14.7. The van der Waals surface area contributed by atoms with E-state index in [0.29, 0.717) is 6.54 Å². The van der Waals surface area contributed by atoms with Crippen molar-refractivity contribution in [2.45, 2.75) is 18.9 Å². The summed E-state index contributed by atoms with van der Waals surface area (Å²) in [6, 6.07) is 13.8. The summed E-state index contributed by atoms with van der Waals surface area (Å²) in [5.41, 5.74) is 8.91. The van der Waals surface area contributed by atoms with Crippen molar-refractivity contribution < 1.29 is 5.11 Å². The highest BCUT2D eigenvalue weighted by Gasteiger charge is 2.23. The number of benzene rings is 2. The summed E-state index contributed by atoms with van der Waals surface area (Å²) in [7, 11) is 0. The number of hydrogen-bond donors (Lipinski definition) is 2. The molecule has 0 aliphatic rings. The molecule has 106 valence electrons. The van der Waals surface area contributed by atoms with Crippen LogP contribution in [0.25, 0.3) is 0 Å². The fourth-order valence-electron chi connectivity index (χ4n) is 2.29. The Bertz CT molecular complexity index is 601. The third-order valence-electron chi connectivity index (χ3n) is 3.46. The van der Waals surface area contributed by atoms with Crippen LogP contribution in [-0.4, -0.2) is 11.7 Å². The summed E-state index contributed by atoms with van der Waals surface area (Å²) in [6.07, 6.45) is -0.620. The molecule has 0 aliphatic heterocycles. The maximum absolute atomic E-state index is 10.7. The molecule has 0 fully saturated rings. The van der Waals surface area contributed by atoms with Gasteiger partial charge in [-0.2, -0.15) is 0 Å². The zero-order valence-electron chi connectivity index (χ0n) is 11.2. The molecule has 0 bridgehead atoms. The van der Waals surface area contributed by atoms with E-state index in [0.717, 1.165) is 25.6 Å². The number of halogens is 2. The molecule has 0 aliphatic carbocycles. The number of aliphatic hydroxyl groups excluding tert-OH is 1. The lowest BCUT2D eigenvalue weighted by Gasteiger charge is -2.23. The molecule has 2 unspecified atom stereocenters. The smallest absolute Gasteiger partial charge is 0.0871 e. The standard InChI is InChI=1S/C16H17Br2NO/c1-10-8-11(6-7-14(10)17)16(20)13(9-19)12-4-2-3-5-15(12)18/h2-8,13,16,20H,9,19H2,1H3. The minimum Gasteiger partial charge on any atom is -0.388 e. The highest BCUT2D eigenvalue weighted by atomic mass is 79.9. The Labute approximate surface area is 136 Å². The Morgan fingerprint density at radius 1 is 1.10 bits per heavy atom. The van der Waals surface area contributed by atoms with E-state index >= 15 is 0 Å². The van der Waals surface area contributed by atoms with Crippen molar-refractivity contribution in [3.05, 3.63) is 68.1 Å². The minimum atomic E-state index is -0.620. The van der Waals surface area contributed by atoms with Crippen LogP contribution in [-0.2, 0) is 0 Å². The predicted molar refractivity (Wildman–Crippen MR) is 89.8 cm³/mol. The summed E-state index contributed by atoms with van der Waals surface area (Å²) in [6.45, 7) is 2.40. The molecule has 0 heterocycles. The molecule has 2 aromatic carbocycles. The molecular formula is C16H17Br2NO. The maximum atomic E-state index is 10.7. The van der Waals surface area contributed by atoms with Crippen molar-refractivity contribution in [1.29, 1.82) is 0 Å².